The summed E-state index contributed by atoms with van der Waals surface area (Å²) in [5.74, 6) is 1.04. The van der Waals surface area contributed by atoms with Crippen LogP contribution in [0.2, 0.25) is 0 Å². The molecule has 4 aromatic heterocycles. The van der Waals surface area contributed by atoms with E-state index in [0.29, 0.717) is 11.6 Å². The Hall–Kier alpha value is -2.29. The van der Waals surface area contributed by atoms with Gasteiger partial charge in [0.1, 0.15) is 22.8 Å². The van der Waals surface area contributed by atoms with Crippen molar-refractivity contribution in [3.63, 3.8) is 0 Å². The highest BCUT2D eigenvalue weighted by Gasteiger charge is 2.03. The molecule has 0 fully saturated rings. The minimum atomic E-state index is 0.520. The largest absolute Gasteiger partial charge is 0.464 e. The summed E-state index contributed by atoms with van der Waals surface area (Å²) in [5.41, 5.74) is 12.7. The van der Waals surface area contributed by atoms with Gasteiger partial charge in [0.25, 0.3) is 0 Å². The van der Waals surface area contributed by atoms with Crippen molar-refractivity contribution in [1.82, 2.24) is 9.97 Å². The molecule has 4 rings (SSSR count). The molecule has 4 heterocycles. The average molecular weight is 394 g/mol. The molecule has 0 aliphatic heterocycles. The third kappa shape index (κ3) is 2.77. The van der Waals surface area contributed by atoms with Crippen LogP contribution in [0, 0.1) is 3.77 Å². The van der Waals surface area contributed by atoms with Crippen molar-refractivity contribution in [2.75, 3.05) is 11.5 Å². The predicted octanol–water partition coefficient (Wildman–Crippen LogP) is 3.42. The number of hydrogen-bond donors (Lipinski definition) is 2. The molecule has 21 heavy (non-hydrogen) atoms. The molecule has 7 heteroatoms. The summed E-state index contributed by atoms with van der Waals surface area (Å²) >= 11 is 2.10. The van der Waals surface area contributed by atoms with Crippen LogP contribution >= 0.6 is 22.6 Å². The van der Waals surface area contributed by atoms with Crippen molar-refractivity contribution in [1.29, 1.82) is 0 Å². The molecule has 0 amide bonds. The molecule has 4 aromatic rings. The average Bonchev–Trinajstić information content (AvgIpc) is 3.06. The zero-order valence-corrected chi connectivity index (χ0v) is 12.9. The van der Waals surface area contributed by atoms with Crippen LogP contribution in [0.25, 0.3) is 21.9 Å². The monoisotopic (exact) mass is 394 g/mol. The van der Waals surface area contributed by atoms with Crippen molar-refractivity contribution < 1.29 is 8.83 Å². The number of fused-ring (bicyclic) bond motifs is 2. The zero-order chi connectivity index (χ0) is 14.8. The number of anilines is 2. The highest BCUT2D eigenvalue weighted by atomic mass is 127. The maximum Gasteiger partial charge on any atom is 0.165 e. The Kier molecular flexibility index (Phi) is 3.65. The van der Waals surface area contributed by atoms with E-state index in [0.717, 1.165) is 25.7 Å². The second kappa shape index (κ2) is 5.60. The molecule has 0 aliphatic carbocycles. The number of pyridine rings is 2. The third-order valence-electron chi connectivity index (χ3n) is 2.86. The van der Waals surface area contributed by atoms with Gasteiger partial charge in [-0.15, -0.1) is 0 Å². The first-order valence-electron chi connectivity index (χ1n) is 6.02. The van der Waals surface area contributed by atoms with Crippen LogP contribution in [0.1, 0.15) is 0 Å². The van der Waals surface area contributed by atoms with Gasteiger partial charge < -0.3 is 20.3 Å². The van der Waals surface area contributed by atoms with Crippen molar-refractivity contribution in [3.8, 4) is 0 Å². The Morgan fingerprint density at radius 1 is 0.905 bits per heavy atom. The van der Waals surface area contributed by atoms with Gasteiger partial charge in [-0.05, 0) is 40.8 Å². The number of rotatable bonds is 0. The van der Waals surface area contributed by atoms with E-state index in [9.17, 15) is 0 Å². The third-order valence-corrected chi connectivity index (χ3v) is 3.39. The van der Waals surface area contributed by atoms with Crippen molar-refractivity contribution in [3.05, 3.63) is 46.7 Å². The molecule has 0 aromatic carbocycles. The standard InChI is InChI=1S/C7H5IN2O.C7H6N2O/c8-6-3-4-5(11-6)1-2-10-7(4)9;8-7-5-2-4-10-6(5)1-3-9-7/h1-3H,(H2,9,10);1-4H,(H2,8,9). The summed E-state index contributed by atoms with van der Waals surface area (Å²) in [7, 11) is 0. The number of nitrogen functional groups attached to an aromatic ring is 2. The summed E-state index contributed by atoms with van der Waals surface area (Å²) in [6.45, 7) is 0. The number of aromatic nitrogens is 2. The highest BCUT2D eigenvalue weighted by Crippen LogP contribution is 2.23. The predicted molar refractivity (Wildman–Crippen MR) is 89.6 cm³/mol. The lowest BCUT2D eigenvalue weighted by molar-refractivity contribution is 0.584. The second-order valence-electron chi connectivity index (χ2n) is 4.19. The number of halogens is 1. The molecule has 0 aliphatic rings. The lowest BCUT2D eigenvalue weighted by Crippen LogP contribution is -1.87. The maximum absolute atomic E-state index is 5.60. The van der Waals surface area contributed by atoms with Gasteiger partial charge in [-0.25, -0.2) is 9.97 Å². The van der Waals surface area contributed by atoms with Gasteiger partial charge in [0.2, 0.25) is 0 Å². The molecule has 0 atom stereocenters. The Balaban J connectivity index is 0.000000126. The lowest BCUT2D eigenvalue weighted by atomic mass is 10.3. The lowest BCUT2D eigenvalue weighted by Gasteiger charge is -1.89. The Labute approximate surface area is 133 Å². The van der Waals surface area contributed by atoms with Crippen LogP contribution in [0.15, 0.2) is 51.8 Å². The topological polar surface area (TPSA) is 104 Å². The van der Waals surface area contributed by atoms with Crippen LogP contribution < -0.4 is 11.5 Å². The van der Waals surface area contributed by atoms with Crippen LogP contribution in [0.5, 0.6) is 0 Å². The van der Waals surface area contributed by atoms with E-state index in [1.807, 2.05) is 6.07 Å². The van der Waals surface area contributed by atoms with Crippen LogP contribution in [0.3, 0.4) is 0 Å². The molecule has 0 saturated carbocycles. The summed E-state index contributed by atoms with van der Waals surface area (Å²) in [6.07, 6.45) is 4.86. The van der Waals surface area contributed by atoms with E-state index in [2.05, 4.69) is 32.6 Å². The SMILES string of the molecule is Nc1nccc2oc(I)cc12.Nc1nccc2occc12. The van der Waals surface area contributed by atoms with Gasteiger partial charge in [-0.3, -0.25) is 0 Å². The van der Waals surface area contributed by atoms with E-state index in [1.54, 1.807) is 36.9 Å². The first-order chi connectivity index (χ1) is 10.1. The highest BCUT2D eigenvalue weighted by molar-refractivity contribution is 14.1. The number of hydrogen-bond acceptors (Lipinski definition) is 6. The first kappa shape index (κ1) is 13.7. The van der Waals surface area contributed by atoms with E-state index in [-0.39, 0.29) is 0 Å². The van der Waals surface area contributed by atoms with E-state index in [1.165, 1.54) is 0 Å². The fourth-order valence-corrected chi connectivity index (χ4v) is 2.42. The Morgan fingerprint density at radius 3 is 2.24 bits per heavy atom. The molecule has 106 valence electrons. The summed E-state index contributed by atoms with van der Waals surface area (Å²) < 4.78 is 11.2. The molecule has 4 N–H and O–H groups in total. The van der Waals surface area contributed by atoms with Crippen molar-refractivity contribution >= 4 is 56.2 Å². The van der Waals surface area contributed by atoms with E-state index < -0.39 is 0 Å². The summed E-state index contributed by atoms with van der Waals surface area (Å²) in [6, 6.07) is 7.26. The van der Waals surface area contributed by atoms with Crippen LogP contribution in [0.4, 0.5) is 11.6 Å². The van der Waals surface area contributed by atoms with Crippen molar-refractivity contribution in [2.24, 2.45) is 0 Å². The van der Waals surface area contributed by atoms with Crippen LogP contribution in [-0.2, 0) is 0 Å². The molecule has 0 saturated heterocycles. The van der Waals surface area contributed by atoms with E-state index >= 15 is 0 Å². The minimum absolute atomic E-state index is 0.520. The van der Waals surface area contributed by atoms with Gasteiger partial charge in [-0.2, -0.15) is 0 Å². The molecular weight excluding hydrogens is 383 g/mol. The van der Waals surface area contributed by atoms with Gasteiger partial charge >= 0.3 is 0 Å². The van der Waals surface area contributed by atoms with Gasteiger partial charge in [0.05, 0.1) is 17.0 Å². The summed E-state index contributed by atoms with van der Waals surface area (Å²) in [4.78, 5) is 7.83. The molecular formula is C14H11IN4O2. The first-order valence-corrected chi connectivity index (χ1v) is 7.10. The fraction of sp³-hybridized carbons (Fsp3) is 0. The molecule has 0 radical (unpaired) electrons. The number of nitrogens with zero attached hydrogens (tertiary/aromatic N) is 2. The second-order valence-corrected chi connectivity index (χ2v) is 5.25. The Morgan fingerprint density at radius 2 is 1.57 bits per heavy atom. The number of nitrogens with two attached hydrogens (primary N) is 2. The zero-order valence-electron chi connectivity index (χ0n) is 10.8. The summed E-state index contributed by atoms with van der Waals surface area (Å²) in [5, 5.41) is 1.76. The molecule has 0 spiro atoms. The number of furan rings is 2. The fourth-order valence-electron chi connectivity index (χ4n) is 1.87. The Bertz CT molecular complexity index is 900. The maximum atomic E-state index is 5.60. The molecule has 6 nitrogen and oxygen atoms in total. The van der Waals surface area contributed by atoms with Gasteiger partial charge in [-0.1, -0.05) is 0 Å². The van der Waals surface area contributed by atoms with Gasteiger partial charge in [0, 0.05) is 18.5 Å². The van der Waals surface area contributed by atoms with Crippen LogP contribution in [-0.4, -0.2) is 9.97 Å². The smallest absolute Gasteiger partial charge is 0.165 e. The van der Waals surface area contributed by atoms with E-state index in [4.69, 9.17) is 20.3 Å². The quantitative estimate of drug-likeness (QED) is 0.443. The minimum Gasteiger partial charge on any atom is -0.464 e. The van der Waals surface area contributed by atoms with Gasteiger partial charge in [0.15, 0.2) is 3.77 Å². The molecule has 0 unspecified atom stereocenters. The normalized spacial score (nSPS) is 10.5. The van der Waals surface area contributed by atoms with Crippen molar-refractivity contribution in [2.45, 2.75) is 0 Å². The molecule has 0 bridgehead atoms.